The van der Waals surface area contributed by atoms with E-state index in [1.807, 2.05) is 0 Å². The van der Waals surface area contributed by atoms with Crippen LogP contribution in [0, 0.1) is 0 Å². The van der Waals surface area contributed by atoms with Crippen LogP contribution < -0.4 is 10.5 Å². The molecule has 0 aliphatic rings. The molecule has 0 saturated carbocycles. The zero-order chi connectivity index (χ0) is 16.5. The van der Waals surface area contributed by atoms with Gasteiger partial charge in [-0.25, -0.2) is 25.9 Å². The molecule has 120 valence electrons. The molecular formula is C12H21N3O4S2. The van der Waals surface area contributed by atoms with Gasteiger partial charge >= 0.3 is 0 Å². The minimum Gasteiger partial charge on any atom is -0.324 e. The molecule has 9 heteroatoms. The number of hydrogen-bond donors (Lipinski definition) is 2. The highest BCUT2D eigenvalue weighted by molar-refractivity contribution is 7.90. The van der Waals surface area contributed by atoms with Crippen LogP contribution in [0.4, 0.5) is 0 Å². The van der Waals surface area contributed by atoms with E-state index in [2.05, 4.69) is 4.72 Å². The first-order valence-corrected chi connectivity index (χ1v) is 9.10. The Bertz CT molecular complexity index is 704. The van der Waals surface area contributed by atoms with Gasteiger partial charge in [0.2, 0.25) is 20.0 Å². The molecule has 0 aliphatic carbocycles. The van der Waals surface area contributed by atoms with Crippen LogP contribution in [0.25, 0.3) is 0 Å². The highest BCUT2D eigenvalue weighted by Gasteiger charge is 2.22. The molecule has 7 nitrogen and oxygen atoms in total. The van der Waals surface area contributed by atoms with Crippen LogP contribution in [0.2, 0.25) is 0 Å². The second kappa shape index (κ2) is 6.01. The first-order valence-electron chi connectivity index (χ1n) is 6.17. The van der Waals surface area contributed by atoms with E-state index in [4.69, 9.17) is 5.73 Å². The van der Waals surface area contributed by atoms with Crippen molar-refractivity contribution >= 4 is 20.0 Å². The third-order valence-corrected chi connectivity index (χ3v) is 5.82. The lowest BCUT2D eigenvalue weighted by Crippen LogP contribution is -2.45. The van der Waals surface area contributed by atoms with E-state index in [0.717, 1.165) is 10.4 Å². The summed E-state index contributed by atoms with van der Waals surface area (Å²) in [6, 6.07) is 5.20. The molecule has 0 heterocycles. The van der Waals surface area contributed by atoms with Gasteiger partial charge in [-0.2, -0.15) is 0 Å². The van der Waals surface area contributed by atoms with Gasteiger partial charge in [-0.1, -0.05) is 6.07 Å². The van der Waals surface area contributed by atoms with Crippen molar-refractivity contribution < 1.29 is 16.8 Å². The molecule has 1 rings (SSSR count). The average molecular weight is 335 g/mol. The molecule has 0 atom stereocenters. The van der Waals surface area contributed by atoms with Gasteiger partial charge in [0.15, 0.2) is 0 Å². The lowest BCUT2D eigenvalue weighted by Gasteiger charge is -2.19. The monoisotopic (exact) mass is 335 g/mol. The van der Waals surface area contributed by atoms with E-state index in [1.165, 1.54) is 32.3 Å². The maximum atomic E-state index is 12.2. The van der Waals surface area contributed by atoms with Gasteiger partial charge in [0.05, 0.1) is 9.79 Å². The Morgan fingerprint density at radius 2 is 1.67 bits per heavy atom. The van der Waals surface area contributed by atoms with Gasteiger partial charge in [0.25, 0.3) is 0 Å². The minimum atomic E-state index is -3.81. The summed E-state index contributed by atoms with van der Waals surface area (Å²) in [5.41, 5.74) is 5.02. The molecule has 3 N–H and O–H groups in total. The van der Waals surface area contributed by atoms with Crippen molar-refractivity contribution in [2.45, 2.75) is 29.2 Å². The van der Waals surface area contributed by atoms with E-state index in [0.29, 0.717) is 0 Å². The first-order chi connectivity index (χ1) is 9.36. The quantitative estimate of drug-likeness (QED) is 0.757. The molecule has 0 amide bonds. The fourth-order valence-corrected chi connectivity index (χ4v) is 3.67. The maximum Gasteiger partial charge on any atom is 0.242 e. The van der Waals surface area contributed by atoms with E-state index in [1.54, 1.807) is 13.8 Å². The Labute approximate surface area is 126 Å². The predicted octanol–water partition coefficient (Wildman–Crippen LogP) is -0.0475. The molecule has 1 aromatic carbocycles. The largest absolute Gasteiger partial charge is 0.324 e. The number of nitrogens with zero attached hydrogens (tertiary/aromatic N) is 1. The predicted molar refractivity (Wildman–Crippen MR) is 80.8 cm³/mol. The van der Waals surface area contributed by atoms with E-state index in [9.17, 15) is 16.8 Å². The number of rotatable bonds is 6. The summed E-state index contributed by atoms with van der Waals surface area (Å²) in [5.74, 6) is 0. The molecule has 0 radical (unpaired) electrons. The molecule has 0 fully saturated rings. The second-order valence-corrected chi connectivity index (χ2v) is 9.49. The standard InChI is InChI=1S/C12H21N3O4S2/c1-12(2,13)9-14-20(16,17)10-6-5-7-11(8-10)21(18,19)15(3)4/h5-8,14H,9,13H2,1-4H3. The summed E-state index contributed by atoms with van der Waals surface area (Å²) in [6.45, 7) is 3.41. The molecule has 0 spiro atoms. The summed E-state index contributed by atoms with van der Waals surface area (Å²) in [5, 5.41) is 0. The van der Waals surface area contributed by atoms with Crippen LogP contribution in [0.15, 0.2) is 34.1 Å². The van der Waals surface area contributed by atoms with Crippen LogP contribution in [0.3, 0.4) is 0 Å². The van der Waals surface area contributed by atoms with Crippen LogP contribution >= 0.6 is 0 Å². The Morgan fingerprint density at radius 1 is 1.14 bits per heavy atom. The Morgan fingerprint density at radius 3 is 2.14 bits per heavy atom. The van der Waals surface area contributed by atoms with Crippen molar-refractivity contribution in [2.75, 3.05) is 20.6 Å². The van der Waals surface area contributed by atoms with Crippen molar-refractivity contribution in [1.82, 2.24) is 9.03 Å². The summed E-state index contributed by atoms with van der Waals surface area (Å²) in [6.07, 6.45) is 0. The number of hydrogen-bond acceptors (Lipinski definition) is 5. The molecule has 0 aromatic heterocycles. The molecule has 0 unspecified atom stereocenters. The summed E-state index contributed by atoms with van der Waals surface area (Å²) < 4.78 is 51.7. The fourth-order valence-electron chi connectivity index (χ4n) is 1.38. The smallest absolute Gasteiger partial charge is 0.242 e. The molecule has 0 saturated heterocycles. The van der Waals surface area contributed by atoms with Crippen molar-refractivity contribution in [3.8, 4) is 0 Å². The molecule has 0 aliphatic heterocycles. The van der Waals surface area contributed by atoms with Crippen molar-refractivity contribution in [3.63, 3.8) is 0 Å². The van der Waals surface area contributed by atoms with Crippen molar-refractivity contribution in [2.24, 2.45) is 5.73 Å². The Balaban J connectivity index is 3.17. The number of benzene rings is 1. The van der Waals surface area contributed by atoms with Crippen LogP contribution in [-0.2, 0) is 20.0 Å². The fraction of sp³-hybridized carbons (Fsp3) is 0.500. The second-order valence-electron chi connectivity index (χ2n) is 5.58. The van der Waals surface area contributed by atoms with Crippen LogP contribution in [0.1, 0.15) is 13.8 Å². The van der Waals surface area contributed by atoms with Crippen molar-refractivity contribution in [3.05, 3.63) is 24.3 Å². The third-order valence-electron chi connectivity index (χ3n) is 2.61. The highest BCUT2D eigenvalue weighted by Crippen LogP contribution is 2.18. The Kier molecular flexibility index (Phi) is 5.17. The normalized spacial score (nSPS) is 13.6. The van der Waals surface area contributed by atoms with Gasteiger partial charge in [-0.3, -0.25) is 0 Å². The molecule has 1 aromatic rings. The molecule has 0 bridgehead atoms. The third kappa shape index (κ3) is 4.75. The number of sulfonamides is 2. The summed E-state index contributed by atoms with van der Waals surface area (Å²) in [7, 11) is -4.74. The topological polar surface area (TPSA) is 110 Å². The van der Waals surface area contributed by atoms with Gasteiger partial charge in [-0.05, 0) is 32.0 Å². The van der Waals surface area contributed by atoms with E-state index < -0.39 is 25.6 Å². The van der Waals surface area contributed by atoms with Gasteiger partial charge in [0.1, 0.15) is 0 Å². The summed E-state index contributed by atoms with van der Waals surface area (Å²) >= 11 is 0. The SMILES string of the molecule is CN(C)S(=O)(=O)c1cccc(S(=O)(=O)NCC(C)(C)N)c1. The number of nitrogens with one attached hydrogen (secondary N) is 1. The Hall–Kier alpha value is -1.00. The van der Waals surface area contributed by atoms with Gasteiger partial charge in [0, 0.05) is 26.2 Å². The van der Waals surface area contributed by atoms with Crippen molar-refractivity contribution in [1.29, 1.82) is 0 Å². The molecule has 21 heavy (non-hydrogen) atoms. The van der Waals surface area contributed by atoms with E-state index in [-0.39, 0.29) is 16.3 Å². The summed E-state index contributed by atoms with van der Waals surface area (Å²) in [4.78, 5) is -0.197. The maximum absolute atomic E-state index is 12.2. The van der Waals surface area contributed by atoms with Gasteiger partial charge in [-0.15, -0.1) is 0 Å². The van der Waals surface area contributed by atoms with Gasteiger partial charge < -0.3 is 5.73 Å². The van der Waals surface area contributed by atoms with Crippen LogP contribution in [-0.4, -0.2) is 47.3 Å². The minimum absolute atomic E-state index is 0.0417. The first kappa shape index (κ1) is 18.1. The lowest BCUT2D eigenvalue weighted by atomic mass is 10.1. The number of nitrogens with two attached hydrogens (primary N) is 1. The van der Waals surface area contributed by atoms with Crippen LogP contribution in [0.5, 0.6) is 0 Å². The van der Waals surface area contributed by atoms with E-state index >= 15 is 0 Å². The zero-order valence-corrected chi connectivity index (χ0v) is 14.1. The highest BCUT2D eigenvalue weighted by atomic mass is 32.2. The average Bonchev–Trinajstić information content (AvgIpc) is 2.36. The lowest BCUT2D eigenvalue weighted by molar-refractivity contribution is 0.497. The molecular weight excluding hydrogens is 314 g/mol. The zero-order valence-electron chi connectivity index (χ0n) is 12.5.